The predicted molar refractivity (Wildman–Crippen MR) is 70.2 cm³/mol. The average molecular weight is 266 g/mol. The van der Waals surface area contributed by atoms with Crippen LogP contribution in [-0.4, -0.2) is 11.8 Å². The third-order valence-corrected chi connectivity index (χ3v) is 4.04. The van der Waals surface area contributed by atoms with Crippen molar-refractivity contribution in [2.45, 2.75) is 26.7 Å². The van der Waals surface area contributed by atoms with E-state index in [9.17, 15) is 9.59 Å². The van der Waals surface area contributed by atoms with Gasteiger partial charge < -0.3 is 0 Å². The summed E-state index contributed by atoms with van der Waals surface area (Å²) in [6, 6.07) is 7.54. The summed E-state index contributed by atoms with van der Waals surface area (Å²) in [5.41, 5.74) is 0.768. The van der Waals surface area contributed by atoms with Crippen LogP contribution in [-0.2, 0) is 16.0 Å². The summed E-state index contributed by atoms with van der Waals surface area (Å²) in [6.07, 6.45) is 1.08. The van der Waals surface area contributed by atoms with Gasteiger partial charge in [0, 0.05) is 17.4 Å². The molecule has 0 spiro atoms. The maximum atomic E-state index is 11.7. The van der Waals surface area contributed by atoms with Gasteiger partial charge in [0.2, 0.25) is 11.8 Å². The smallest absolute Gasteiger partial charge is 0.229 e. The summed E-state index contributed by atoms with van der Waals surface area (Å²) in [7, 11) is 0. The quantitative estimate of drug-likeness (QED) is 0.836. The standard InChI is InChI=1S/C14H16ClNO2/c1-9-13(18)16-12(17)8-14(9,2)7-10-3-5-11(15)6-4-10/h3-6,9H,7-8H2,1-2H3,(H,16,17,18). The fourth-order valence-corrected chi connectivity index (χ4v) is 2.54. The first-order valence-electron chi connectivity index (χ1n) is 5.99. The van der Waals surface area contributed by atoms with Crippen molar-refractivity contribution in [1.82, 2.24) is 5.32 Å². The zero-order valence-corrected chi connectivity index (χ0v) is 11.3. The Morgan fingerprint density at radius 1 is 1.33 bits per heavy atom. The van der Waals surface area contributed by atoms with Gasteiger partial charge >= 0.3 is 0 Å². The molecule has 96 valence electrons. The molecular formula is C14H16ClNO2. The molecule has 2 amide bonds. The largest absolute Gasteiger partial charge is 0.296 e. The Hall–Kier alpha value is -1.35. The Kier molecular flexibility index (Phi) is 3.44. The SMILES string of the molecule is CC1C(=O)NC(=O)CC1(C)Cc1ccc(Cl)cc1. The van der Waals surface area contributed by atoms with Crippen LogP contribution < -0.4 is 5.32 Å². The van der Waals surface area contributed by atoms with Crippen molar-refractivity contribution in [2.75, 3.05) is 0 Å². The van der Waals surface area contributed by atoms with Gasteiger partial charge in [0.1, 0.15) is 0 Å². The number of benzene rings is 1. The van der Waals surface area contributed by atoms with E-state index in [2.05, 4.69) is 5.32 Å². The van der Waals surface area contributed by atoms with Gasteiger partial charge in [0.15, 0.2) is 0 Å². The molecule has 1 saturated heterocycles. The van der Waals surface area contributed by atoms with E-state index < -0.39 is 0 Å². The predicted octanol–water partition coefficient (Wildman–Crippen LogP) is 2.57. The summed E-state index contributed by atoms with van der Waals surface area (Å²) >= 11 is 5.85. The first-order valence-corrected chi connectivity index (χ1v) is 6.37. The highest BCUT2D eigenvalue weighted by Crippen LogP contribution is 2.37. The number of hydrogen-bond acceptors (Lipinski definition) is 2. The highest BCUT2D eigenvalue weighted by atomic mass is 35.5. The van der Waals surface area contributed by atoms with Crippen molar-refractivity contribution < 1.29 is 9.59 Å². The van der Waals surface area contributed by atoms with E-state index in [1.165, 1.54) is 0 Å². The summed E-state index contributed by atoms with van der Waals surface area (Å²) in [4.78, 5) is 23.2. The molecule has 0 aromatic heterocycles. The third-order valence-electron chi connectivity index (χ3n) is 3.79. The number of imide groups is 1. The van der Waals surface area contributed by atoms with Gasteiger partial charge in [0.05, 0.1) is 0 Å². The number of amides is 2. The van der Waals surface area contributed by atoms with Crippen molar-refractivity contribution in [1.29, 1.82) is 0 Å². The molecule has 1 aliphatic heterocycles. The number of halogens is 1. The number of hydrogen-bond donors (Lipinski definition) is 1. The van der Waals surface area contributed by atoms with Crippen LogP contribution in [0.25, 0.3) is 0 Å². The zero-order chi connectivity index (χ0) is 13.3. The molecule has 0 bridgehead atoms. The Morgan fingerprint density at radius 2 is 1.94 bits per heavy atom. The van der Waals surface area contributed by atoms with Crippen LogP contribution in [0.4, 0.5) is 0 Å². The second-order valence-electron chi connectivity index (χ2n) is 5.27. The monoisotopic (exact) mass is 265 g/mol. The Labute approximate surface area is 112 Å². The fourth-order valence-electron chi connectivity index (χ4n) is 2.41. The van der Waals surface area contributed by atoms with E-state index in [0.29, 0.717) is 17.9 Å². The van der Waals surface area contributed by atoms with E-state index in [-0.39, 0.29) is 23.1 Å². The molecule has 0 saturated carbocycles. The minimum Gasteiger partial charge on any atom is -0.296 e. The van der Waals surface area contributed by atoms with Crippen molar-refractivity contribution in [3.63, 3.8) is 0 Å². The van der Waals surface area contributed by atoms with Crippen LogP contribution in [0.2, 0.25) is 5.02 Å². The maximum absolute atomic E-state index is 11.7. The minimum absolute atomic E-state index is 0.175. The van der Waals surface area contributed by atoms with Crippen LogP contribution >= 0.6 is 11.6 Å². The van der Waals surface area contributed by atoms with Crippen molar-refractivity contribution in [3.05, 3.63) is 34.9 Å². The second kappa shape index (κ2) is 4.73. The number of piperidine rings is 1. The van der Waals surface area contributed by atoms with E-state index in [0.717, 1.165) is 5.56 Å². The van der Waals surface area contributed by atoms with Gasteiger partial charge in [-0.1, -0.05) is 37.6 Å². The summed E-state index contributed by atoms with van der Waals surface area (Å²) in [6.45, 7) is 3.86. The van der Waals surface area contributed by atoms with Gasteiger partial charge in [-0.3, -0.25) is 14.9 Å². The lowest BCUT2D eigenvalue weighted by molar-refractivity contribution is -0.142. The van der Waals surface area contributed by atoms with E-state index in [4.69, 9.17) is 11.6 Å². The molecule has 4 heteroatoms. The van der Waals surface area contributed by atoms with Crippen molar-refractivity contribution in [3.8, 4) is 0 Å². The van der Waals surface area contributed by atoms with Gasteiger partial charge in [-0.05, 0) is 29.5 Å². The number of rotatable bonds is 2. The van der Waals surface area contributed by atoms with Crippen LogP contribution in [0, 0.1) is 11.3 Å². The molecule has 1 aliphatic rings. The average Bonchev–Trinajstić information content (AvgIpc) is 2.29. The van der Waals surface area contributed by atoms with Crippen LogP contribution in [0.5, 0.6) is 0 Å². The number of carbonyl (C=O) groups excluding carboxylic acids is 2. The third kappa shape index (κ3) is 2.56. The molecule has 3 nitrogen and oxygen atoms in total. The molecule has 0 radical (unpaired) electrons. The minimum atomic E-state index is -0.326. The van der Waals surface area contributed by atoms with Gasteiger partial charge in [-0.25, -0.2) is 0 Å². The van der Waals surface area contributed by atoms with Crippen LogP contribution in [0.15, 0.2) is 24.3 Å². The van der Waals surface area contributed by atoms with Gasteiger partial charge in [0.25, 0.3) is 0 Å². The summed E-state index contributed by atoms with van der Waals surface area (Å²) < 4.78 is 0. The van der Waals surface area contributed by atoms with Crippen LogP contribution in [0.1, 0.15) is 25.8 Å². The topological polar surface area (TPSA) is 46.2 Å². The Morgan fingerprint density at radius 3 is 2.56 bits per heavy atom. The molecule has 1 aromatic carbocycles. The summed E-state index contributed by atoms with van der Waals surface area (Å²) in [5, 5.41) is 3.07. The lowest BCUT2D eigenvalue weighted by Crippen LogP contribution is -2.50. The second-order valence-corrected chi connectivity index (χ2v) is 5.70. The molecular weight excluding hydrogens is 250 g/mol. The number of carbonyl (C=O) groups is 2. The molecule has 1 fully saturated rings. The Bertz CT molecular complexity index is 483. The highest BCUT2D eigenvalue weighted by Gasteiger charge is 2.42. The molecule has 2 rings (SSSR count). The molecule has 0 aliphatic carbocycles. The molecule has 18 heavy (non-hydrogen) atoms. The maximum Gasteiger partial charge on any atom is 0.229 e. The normalized spacial score (nSPS) is 28.1. The molecule has 1 N–H and O–H groups in total. The van der Waals surface area contributed by atoms with Crippen molar-refractivity contribution in [2.24, 2.45) is 11.3 Å². The van der Waals surface area contributed by atoms with E-state index >= 15 is 0 Å². The van der Waals surface area contributed by atoms with Gasteiger partial charge in [-0.2, -0.15) is 0 Å². The lowest BCUT2D eigenvalue weighted by atomic mass is 9.69. The fraction of sp³-hybridized carbons (Fsp3) is 0.429. The zero-order valence-electron chi connectivity index (χ0n) is 10.5. The molecule has 1 heterocycles. The molecule has 1 aromatic rings. The first-order chi connectivity index (χ1) is 8.40. The summed E-state index contributed by atoms with van der Waals surface area (Å²) in [5.74, 6) is -0.539. The van der Waals surface area contributed by atoms with E-state index in [1.807, 2.05) is 38.1 Å². The highest BCUT2D eigenvalue weighted by molar-refractivity contribution is 6.30. The lowest BCUT2D eigenvalue weighted by Gasteiger charge is -2.38. The molecule has 2 unspecified atom stereocenters. The van der Waals surface area contributed by atoms with Gasteiger partial charge in [-0.15, -0.1) is 0 Å². The van der Waals surface area contributed by atoms with E-state index in [1.54, 1.807) is 0 Å². The number of nitrogens with one attached hydrogen (secondary N) is 1. The molecule has 2 atom stereocenters. The van der Waals surface area contributed by atoms with Crippen LogP contribution in [0.3, 0.4) is 0 Å². The van der Waals surface area contributed by atoms with Crippen molar-refractivity contribution >= 4 is 23.4 Å². The Balaban J connectivity index is 2.22. The first kappa shape index (κ1) is 13.1.